The van der Waals surface area contributed by atoms with Gasteiger partial charge in [0, 0.05) is 45.3 Å². The van der Waals surface area contributed by atoms with Crippen LogP contribution in [0.4, 0.5) is 0 Å². The molecule has 7 heteroatoms. The summed E-state index contributed by atoms with van der Waals surface area (Å²) in [7, 11) is 0. The van der Waals surface area contributed by atoms with Crippen molar-refractivity contribution in [2.45, 2.75) is 44.9 Å². The Morgan fingerprint density at radius 1 is 1.17 bits per heavy atom. The largest absolute Gasteiger partial charge is 0.375 e. The fraction of sp³-hybridized carbons (Fsp3) is 0.882. The molecule has 0 aromatic heterocycles. The third kappa shape index (κ3) is 4.68. The third-order valence-corrected chi connectivity index (χ3v) is 5.21. The van der Waals surface area contributed by atoms with Gasteiger partial charge in [0.2, 0.25) is 11.8 Å². The van der Waals surface area contributed by atoms with Crippen LogP contribution in [0.1, 0.15) is 26.7 Å². The Morgan fingerprint density at radius 2 is 1.88 bits per heavy atom. The van der Waals surface area contributed by atoms with Crippen molar-refractivity contribution in [1.82, 2.24) is 20.0 Å². The lowest BCUT2D eigenvalue weighted by Crippen LogP contribution is -2.56. The molecule has 0 radical (unpaired) electrons. The van der Waals surface area contributed by atoms with Crippen LogP contribution < -0.4 is 5.32 Å². The molecule has 136 valence electrons. The molecule has 0 aromatic carbocycles. The van der Waals surface area contributed by atoms with Crippen molar-refractivity contribution < 1.29 is 14.3 Å². The molecule has 2 heterocycles. The number of rotatable bonds is 5. The van der Waals surface area contributed by atoms with Gasteiger partial charge in [0.1, 0.15) is 0 Å². The van der Waals surface area contributed by atoms with Gasteiger partial charge in [-0.05, 0) is 26.7 Å². The lowest BCUT2D eigenvalue weighted by Gasteiger charge is -2.38. The van der Waals surface area contributed by atoms with E-state index in [0.717, 1.165) is 39.0 Å². The summed E-state index contributed by atoms with van der Waals surface area (Å²) in [5, 5.41) is 3.07. The molecule has 2 amide bonds. The van der Waals surface area contributed by atoms with E-state index in [1.165, 1.54) is 0 Å². The highest BCUT2D eigenvalue weighted by Gasteiger charge is 2.31. The van der Waals surface area contributed by atoms with Crippen LogP contribution in [-0.4, -0.2) is 97.1 Å². The van der Waals surface area contributed by atoms with Crippen molar-refractivity contribution in [2.24, 2.45) is 0 Å². The first-order valence-electron chi connectivity index (χ1n) is 9.19. The Kier molecular flexibility index (Phi) is 5.73. The quantitative estimate of drug-likeness (QED) is 0.733. The molecular formula is C17H30N4O3. The minimum absolute atomic E-state index is 0.0801. The maximum Gasteiger partial charge on any atom is 0.237 e. The Labute approximate surface area is 144 Å². The summed E-state index contributed by atoms with van der Waals surface area (Å²) < 4.78 is 5.49. The van der Waals surface area contributed by atoms with Crippen molar-refractivity contribution in [1.29, 1.82) is 0 Å². The summed E-state index contributed by atoms with van der Waals surface area (Å²) in [4.78, 5) is 30.9. The van der Waals surface area contributed by atoms with Gasteiger partial charge in [-0.2, -0.15) is 0 Å². The summed E-state index contributed by atoms with van der Waals surface area (Å²) in [6, 6.07) is 0.332. The van der Waals surface area contributed by atoms with Crippen LogP contribution in [-0.2, 0) is 14.3 Å². The van der Waals surface area contributed by atoms with Gasteiger partial charge in [-0.15, -0.1) is 0 Å². The van der Waals surface area contributed by atoms with Crippen molar-refractivity contribution in [3.05, 3.63) is 0 Å². The third-order valence-electron chi connectivity index (χ3n) is 5.21. The van der Waals surface area contributed by atoms with Gasteiger partial charge in [0.15, 0.2) is 0 Å². The van der Waals surface area contributed by atoms with Crippen LogP contribution in [0.25, 0.3) is 0 Å². The average molecular weight is 338 g/mol. The minimum atomic E-state index is -0.0801. The highest BCUT2D eigenvalue weighted by molar-refractivity contribution is 5.82. The molecule has 2 unspecified atom stereocenters. The van der Waals surface area contributed by atoms with E-state index in [-0.39, 0.29) is 24.0 Å². The Hall–Kier alpha value is -1.18. The maximum atomic E-state index is 12.4. The van der Waals surface area contributed by atoms with E-state index in [1.54, 1.807) is 0 Å². The van der Waals surface area contributed by atoms with Crippen LogP contribution >= 0.6 is 0 Å². The first kappa shape index (κ1) is 17.6. The number of morpholine rings is 1. The zero-order valence-electron chi connectivity index (χ0n) is 14.9. The predicted molar refractivity (Wildman–Crippen MR) is 90.6 cm³/mol. The number of amides is 2. The number of hydrogen-bond donors (Lipinski definition) is 1. The molecule has 2 atom stereocenters. The molecule has 24 heavy (non-hydrogen) atoms. The molecule has 1 aliphatic carbocycles. The van der Waals surface area contributed by atoms with Gasteiger partial charge in [-0.25, -0.2) is 0 Å². The standard InChI is InChI=1S/C17H30N4O3/c1-13-11-21(9-10-24-13)16(22)12-19-5-7-20(8-6-19)14(2)17(23)18-15-3-4-15/h13-15H,3-12H2,1-2H3,(H,18,23). The van der Waals surface area contributed by atoms with E-state index < -0.39 is 0 Å². The smallest absolute Gasteiger partial charge is 0.237 e. The number of nitrogens with one attached hydrogen (secondary N) is 1. The predicted octanol–water partition coefficient (Wildman–Crippen LogP) is -0.482. The zero-order valence-corrected chi connectivity index (χ0v) is 14.9. The van der Waals surface area contributed by atoms with Gasteiger partial charge in [0.05, 0.1) is 25.3 Å². The number of carbonyl (C=O) groups excluding carboxylic acids is 2. The second-order valence-corrected chi connectivity index (χ2v) is 7.29. The van der Waals surface area contributed by atoms with E-state index in [4.69, 9.17) is 4.74 Å². The van der Waals surface area contributed by atoms with Crippen molar-refractivity contribution in [2.75, 3.05) is 52.4 Å². The van der Waals surface area contributed by atoms with Crippen LogP contribution in [0.3, 0.4) is 0 Å². The molecule has 2 saturated heterocycles. The van der Waals surface area contributed by atoms with Crippen molar-refractivity contribution in [3.63, 3.8) is 0 Å². The minimum Gasteiger partial charge on any atom is -0.375 e. The first-order chi connectivity index (χ1) is 11.5. The molecule has 7 nitrogen and oxygen atoms in total. The van der Waals surface area contributed by atoms with Crippen LogP contribution in [0.5, 0.6) is 0 Å². The van der Waals surface area contributed by atoms with E-state index in [0.29, 0.717) is 32.3 Å². The fourth-order valence-corrected chi connectivity index (χ4v) is 3.36. The summed E-state index contributed by atoms with van der Waals surface area (Å²) in [6.45, 7) is 9.84. The van der Waals surface area contributed by atoms with Crippen molar-refractivity contribution >= 4 is 11.8 Å². The van der Waals surface area contributed by atoms with Crippen molar-refractivity contribution in [3.8, 4) is 0 Å². The molecule has 3 rings (SSSR count). The number of nitrogens with zero attached hydrogens (tertiary/aromatic N) is 3. The Morgan fingerprint density at radius 3 is 2.50 bits per heavy atom. The molecular weight excluding hydrogens is 308 g/mol. The van der Waals surface area contributed by atoms with Crippen LogP contribution in [0, 0.1) is 0 Å². The van der Waals surface area contributed by atoms with Gasteiger partial charge in [-0.3, -0.25) is 19.4 Å². The second kappa shape index (κ2) is 7.80. The molecule has 0 aromatic rings. The number of piperazine rings is 1. The number of carbonyl (C=O) groups is 2. The molecule has 3 aliphatic rings. The highest BCUT2D eigenvalue weighted by Crippen LogP contribution is 2.19. The summed E-state index contributed by atoms with van der Waals surface area (Å²) >= 11 is 0. The summed E-state index contributed by atoms with van der Waals surface area (Å²) in [5.74, 6) is 0.336. The highest BCUT2D eigenvalue weighted by atomic mass is 16.5. The summed E-state index contributed by atoms with van der Waals surface area (Å²) in [5.41, 5.74) is 0. The molecule has 1 saturated carbocycles. The second-order valence-electron chi connectivity index (χ2n) is 7.29. The van der Waals surface area contributed by atoms with Crippen LogP contribution in [0.2, 0.25) is 0 Å². The SMILES string of the molecule is CC1CN(C(=O)CN2CCN(C(C)C(=O)NC3CC3)CC2)CCO1. The number of hydrogen-bond acceptors (Lipinski definition) is 5. The van der Waals surface area contributed by atoms with Crippen LogP contribution in [0.15, 0.2) is 0 Å². The zero-order chi connectivity index (χ0) is 17.1. The Balaban J connectivity index is 1.39. The van der Waals surface area contributed by atoms with E-state index in [9.17, 15) is 9.59 Å². The number of ether oxygens (including phenoxy) is 1. The van der Waals surface area contributed by atoms with Gasteiger partial charge in [0.25, 0.3) is 0 Å². The molecule has 0 bridgehead atoms. The topological polar surface area (TPSA) is 65.1 Å². The van der Waals surface area contributed by atoms with Gasteiger partial charge in [-0.1, -0.05) is 0 Å². The first-order valence-corrected chi connectivity index (χ1v) is 9.19. The lowest BCUT2D eigenvalue weighted by atomic mass is 10.2. The molecule has 3 fully saturated rings. The Bertz CT molecular complexity index is 461. The van der Waals surface area contributed by atoms with E-state index in [2.05, 4.69) is 15.1 Å². The lowest BCUT2D eigenvalue weighted by molar-refractivity contribution is -0.140. The molecule has 0 spiro atoms. The summed E-state index contributed by atoms with van der Waals surface area (Å²) in [6.07, 6.45) is 2.37. The van der Waals surface area contributed by atoms with Gasteiger partial charge >= 0.3 is 0 Å². The van der Waals surface area contributed by atoms with E-state index >= 15 is 0 Å². The monoisotopic (exact) mass is 338 g/mol. The average Bonchev–Trinajstić information content (AvgIpc) is 3.39. The maximum absolute atomic E-state index is 12.4. The molecule has 1 N–H and O–H groups in total. The fourth-order valence-electron chi connectivity index (χ4n) is 3.36. The van der Waals surface area contributed by atoms with E-state index in [1.807, 2.05) is 18.7 Å². The van der Waals surface area contributed by atoms with Gasteiger partial charge < -0.3 is 15.0 Å². The molecule has 2 aliphatic heterocycles. The normalized spacial score (nSPS) is 27.8.